The third-order valence-corrected chi connectivity index (χ3v) is 2.46. The van der Waals surface area contributed by atoms with Gasteiger partial charge in [-0.1, -0.05) is 6.07 Å². The van der Waals surface area contributed by atoms with Crippen LogP contribution in [0.2, 0.25) is 0 Å². The highest BCUT2D eigenvalue weighted by Gasteiger charge is 2.15. The zero-order valence-electron chi connectivity index (χ0n) is 10.7. The molecule has 7 heteroatoms. The zero-order valence-corrected chi connectivity index (χ0v) is 10.7. The molecular formula is C13H15F2N3O2. The number of carbonyl (C=O) groups is 1. The first kappa shape index (κ1) is 16.0. The predicted molar refractivity (Wildman–Crippen MR) is 69.3 cm³/mol. The molecule has 0 aromatic heterocycles. The van der Waals surface area contributed by atoms with Gasteiger partial charge in [0, 0.05) is 12.2 Å². The molecule has 0 atom stereocenters. The number of rotatable bonds is 7. The molecule has 108 valence electrons. The average molecular weight is 283 g/mol. The van der Waals surface area contributed by atoms with Crippen molar-refractivity contribution in [1.29, 1.82) is 5.26 Å². The number of nitrogens with one attached hydrogen (secondary N) is 1. The molecule has 0 aliphatic rings. The van der Waals surface area contributed by atoms with Gasteiger partial charge < -0.3 is 10.4 Å². The molecule has 0 aliphatic heterocycles. The van der Waals surface area contributed by atoms with Gasteiger partial charge in [0.2, 0.25) is 5.91 Å². The van der Waals surface area contributed by atoms with Crippen LogP contribution in [0.3, 0.4) is 0 Å². The number of hydrogen-bond acceptors (Lipinski definition) is 4. The number of aliphatic hydroxyl groups is 1. The molecule has 0 unspecified atom stereocenters. The first-order valence-electron chi connectivity index (χ1n) is 5.96. The lowest BCUT2D eigenvalue weighted by atomic mass is 10.2. The number of aliphatic hydroxyl groups excluding tert-OH is 1. The van der Waals surface area contributed by atoms with Crippen LogP contribution in [0.15, 0.2) is 24.3 Å². The van der Waals surface area contributed by atoms with Crippen LogP contribution < -0.4 is 5.32 Å². The van der Waals surface area contributed by atoms with Gasteiger partial charge in [0.05, 0.1) is 31.3 Å². The Kier molecular flexibility index (Phi) is 6.56. The minimum absolute atomic E-state index is 0.00397. The Bertz CT molecular complexity index is 489. The summed E-state index contributed by atoms with van der Waals surface area (Å²) in [5.41, 5.74) is 0.817. The summed E-state index contributed by atoms with van der Waals surface area (Å²) in [7, 11) is 0. The first-order chi connectivity index (χ1) is 9.55. The van der Waals surface area contributed by atoms with Crippen LogP contribution in [0.25, 0.3) is 0 Å². The van der Waals surface area contributed by atoms with Gasteiger partial charge in [-0.2, -0.15) is 5.26 Å². The molecule has 0 heterocycles. The summed E-state index contributed by atoms with van der Waals surface area (Å²) in [6.45, 7) is -1.13. The van der Waals surface area contributed by atoms with Crippen LogP contribution in [0.4, 0.5) is 14.5 Å². The molecule has 5 nitrogen and oxygen atoms in total. The van der Waals surface area contributed by atoms with E-state index in [4.69, 9.17) is 10.4 Å². The molecular weight excluding hydrogens is 268 g/mol. The Labute approximate surface area is 115 Å². The number of carbonyl (C=O) groups excluding carboxylic acids is 1. The Balaban J connectivity index is 2.58. The molecule has 0 radical (unpaired) electrons. The van der Waals surface area contributed by atoms with E-state index in [1.165, 1.54) is 6.07 Å². The largest absolute Gasteiger partial charge is 0.395 e. The highest BCUT2D eigenvalue weighted by atomic mass is 19.3. The average Bonchev–Trinajstić information content (AvgIpc) is 2.38. The van der Waals surface area contributed by atoms with E-state index in [0.29, 0.717) is 11.3 Å². The number of amides is 1. The van der Waals surface area contributed by atoms with Crippen molar-refractivity contribution >= 4 is 11.6 Å². The second-order valence-corrected chi connectivity index (χ2v) is 4.09. The van der Waals surface area contributed by atoms with Crippen molar-refractivity contribution in [2.24, 2.45) is 0 Å². The fourth-order valence-corrected chi connectivity index (χ4v) is 1.64. The van der Waals surface area contributed by atoms with Crippen molar-refractivity contribution in [2.75, 3.05) is 31.6 Å². The van der Waals surface area contributed by atoms with Gasteiger partial charge in [-0.3, -0.25) is 9.69 Å². The molecule has 1 rings (SSSR count). The lowest BCUT2D eigenvalue weighted by molar-refractivity contribution is -0.117. The maximum Gasteiger partial charge on any atom is 0.251 e. The summed E-state index contributed by atoms with van der Waals surface area (Å²) < 4.78 is 24.6. The van der Waals surface area contributed by atoms with Crippen LogP contribution in [0, 0.1) is 11.3 Å². The summed E-state index contributed by atoms with van der Waals surface area (Å²) in [5.74, 6) is -0.478. The number of halogens is 2. The van der Waals surface area contributed by atoms with E-state index in [1.807, 2.05) is 6.07 Å². The van der Waals surface area contributed by atoms with E-state index in [0.717, 1.165) is 4.90 Å². The van der Waals surface area contributed by atoms with Crippen LogP contribution in [0.5, 0.6) is 0 Å². The molecule has 0 fully saturated rings. The Morgan fingerprint density at radius 2 is 2.25 bits per heavy atom. The Hall–Kier alpha value is -2.04. The minimum atomic E-state index is -2.57. The van der Waals surface area contributed by atoms with E-state index >= 15 is 0 Å². The maximum atomic E-state index is 12.3. The SMILES string of the molecule is N#Cc1cccc(NC(=O)CN(CCO)CC(F)F)c1. The van der Waals surface area contributed by atoms with Crippen molar-refractivity contribution in [3.8, 4) is 6.07 Å². The van der Waals surface area contributed by atoms with Crippen LogP contribution in [0.1, 0.15) is 5.56 Å². The lowest BCUT2D eigenvalue weighted by Gasteiger charge is -2.20. The normalized spacial score (nSPS) is 10.6. The molecule has 1 aromatic carbocycles. The Morgan fingerprint density at radius 3 is 2.85 bits per heavy atom. The fourth-order valence-electron chi connectivity index (χ4n) is 1.64. The van der Waals surface area contributed by atoms with Gasteiger partial charge in [-0.15, -0.1) is 0 Å². The molecule has 1 amide bonds. The molecule has 2 N–H and O–H groups in total. The van der Waals surface area contributed by atoms with E-state index in [2.05, 4.69) is 5.32 Å². The van der Waals surface area contributed by atoms with Crippen molar-refractivity contribution in [1.82, 2.24) is 4.90 Å². The fraction of sp³-hybridized carbons (Fsp3) is 0.385. The van der Waals surface area contributed by atoms with Gasteiger partial charge in [-0.05, 0) is 18.2 Å². The second kappa shape index (κ2) is 8.19. The standard InChI is InChI=1S/C13H15F2N3O2/c14-12(15)8-18(4-5-19)9-13(20)17-11-3-1-2-10(6-11)7-16/h1-3,6,12,19H,4-5,8-9H2,(H,17,20). The van der Waals surface area contributed by atoms with Crippen molar-refractivity contribution in [3.63, 3.8) is 0 Å². The summed E-state index contributed by atoms with van der Waals surface area (Å²) >= 11 is 0. The van der Waals surface area contributed by atoms with Gasteiger partial charge in [0.1, 0.15) is 0 Å². The molecule has 1 aromatic rings. The highest BCUT2D eigenvalue weighted by Crippen LogP contribution is 2.09. The van der Waals surface area contributed by atoms with Crippen molar-refractivity contribution in [2.45, 2.75) is 6.43 Å². The lowest BCUT2D eigenvalue weighted by Crippen LogP contribution is -2.38. The molecule has 0 aliphatic carbocycles. The van der Waals surface area contributed by atoms with Gasteiger partial charge in [0.25, 0.3) is 6.43 Å². The molecule has 0 spiro atoms. The monoisotopic (exact) mass is 283 g/mol. The van der Waals surface area contributed by atoms with Crippen molar-refractivity contribution in [3.05, 3.63) is 29.8 Å². The molecule has 0 saturated heterocycles. The Morgan fingerprint density at radius 1 is 1.50 bits per heavy atom. The number of benzene rings is 1. The van der Waals surface area contributed by atoms with Gasteiger partial charge >= 0.3 is 0 Å². The van der Waals surface area contributed by atoms with Crippen molar-refractivity contribution < 1.29 is 18.7 Å². The van der Waals surface area contributed by atoms with E-state index in [9.17, 15) is 13.6 Å². The van der Waals surface area contributed by atoms with Crippen LogP contribution in [-0.4, -0.2) is 48.6 Å². The van der Waals surface area contributed by atoms with Gasteiger partial charge in [0.15, 0.2) is 0 Å². The molecule has 20 heavy (non-hydrogen) atoms. The first-order valence-corrected chi connectivity index (χ1v) is 5.96. The topological polar surface area (TPSA) is 76.4 Å². The summed E-state index contributed by atoms with van der Waals surface area (Å²) in [6, 6.07) is 8.22. The third kappa shape index (κ3) is 5.73. The van der Waals surface area contributed by atoms with E-state index in [-0.39, 0.29) is 19.7 Å². The van der Waals surface area contributed by atoms with E-state index < -0.39 is 18.9 Å². The molecule has 0 saturated carbocycles. The summed E-state index contributed by atoms with van der Waals surface area (Å²) in [5, 5.41) is 20.0. The molecule has 0 bridgehead atoms. The number of anilines is 1. The van der Waals surface area contributed by atoms with E-state index in [1.54, 1.807) is 18.2 Å². The highest BCUT2D eigenvalue weighted by molar-refractivity contribution is 5.92. The van der Waals surface area contributed by atoms with Gasteiger partial charge in [-0.25, -0.2) is 8.78 Å². The zero-order chi connectivity index (χ0) is 15.0. The van der Waals surface area contributed by atoms with Crippen LogP contribution >= 0.6 is 0 Å². The summed E-state index contributed by atoms with van der Waals surface area (Å²) in [4.78, 5) is 12.9. The quantitative estimate of drug-likeness (QED) is 0.784. The number of nitriles is 1. The summed E-state index contributed by atoms with van der Waals surface area (Å²) in [6.07, 6.45) is -2.57. The van der Waals surface area contributed by atoms with Crippen LogP contribution in [-0.2, 0) is 4.79 Å². The smallest absolute Gasteiger partial charge is 0.251 e. The second-order valence-electron chi connectivity index (χ2n) is 4.09. The number of nitrogens with zero attached hydrogens (tertiary/aromatic N) is 2. The predicted octanol–water partition coefficient (Wildman–Crippen LogP) is 1.06. The minimum Gasteiger partial charge on any atom is -0.395 e. The number of hydrogen-bond donors (Lipinski definition) is 2. The number of alkyl halides is 2. The third-order valence-electron chi connectivity index (χ3n) is 2.46. The maximum absolute atomic E-state index is 12.3.